The molecule has 0 saturated carbocycles. The van der Waals surface area contributed by atoms with Crippen molar-refractivity contribution < 1.29 is 19.1 Å². The van der Waals surface area contributed by atoms with E-state index in [0.717, 1.165) is 10.7 Å². The van der Waals surface area contributed by atoms with Gasteiger partial charge in [0.15, 0.2) is 0 Å². The van der Waals surface area contributed by atoms with Gasteiger partial charge in [-0.3, -0.25) is 9.59 Å². The first kappa shape index (κ1) is 19.2. The Morgan fingerprint density at radius 3 is 2.19 bits per heavy atom. The zero-order chi connectivity index (χ0) is 19.4. The lowest BCUT2D eigenvalue weighted by Gasteiger charge is -2.35. The van der Waals surface area contributed by atoms with Gasteiger partial charge < -0.3 is 19.3 Å². The summed E-state index contributed by atoms with van der Waals surface area (Å²) in [5.41, 5.74) is 1.22. The molecule has 0 unspecified atom stereocenters. The standard InChI is InChI=1S/C19H23N3O4S/c1-13-20-14(12-27-13)11-17(23)21-7-9-22(10-8-21)19(24)18-15(25-2)5-4-6-16(18)26-3/h4-6,12H,7-11H2,1-3H3. The molecule has 0 N–H and O–H groups in total. The summed E-state index contributed by atoms with van der Waals surface area (Å²) in [6.45, 7) is 3.88. The minimum atomic E-state index is -0.147. The van der Waals surface area contributed by atoms with E-state index in [1.54, 1.807) is 39.3 Å². The van der Waals surface area contributed by atoms with Crippen LogP contribution >= 0.6 is 11.3 Å². The number of carbonyl (C=O) groups is 2. The molecule has 8 heteroatoms. The van der Waals surface area contributed by atoms with Crippen LogP contribution in [0.25, 0.3) is 0 Å². The number of ether oxygens (including phenoxy) is 2. The van der Waals surface area contributed by atoms with Gasteiger partial charge >= 0.3 is 0 Å². The number of aryl methyl sites for hydroxylation is 1. The van der Waals surface area contributed by atoms with Gasteiger partial charge in [-0.2, -0.15) is 0 Å². The van der Waals surface area contributed by atoms with Gasteiger partial charge in [0.1, 0.15) is 17.1 Å². The SMILES string of the molecule is COc1cccc(OC)c1C(=O)N1CCN(C(=O)Cc2csc(C)n2)CC1. The summed E-state index contributed by atoms with van der Waals surface area (Å²) in [5, 5.41) is 2.88. The van der Waals surface area contributed by atoms with Crippen LogP contribution in [0.2, 0.25) is 0 Å². The topological polar surface area (TPSA) is 72.0 Å². The molecule has 0 spiro atoms. The molecule has 2 amide bonds. The first-order valence-corrected chi connectivity index (χ1v) is 9.60. The summed E-state index contributed by atoms with van der Waals surface area (Å²) >= 11 is 1.54. The number of methoxy groups -OCH3 is 2. The first-order valence-electron chi connectivity index (χ1n) is 8.72. The fraction of sp³-hybridized carbons (Fsp3) is 0.421. The van der Waals surface area contributed by atoms with Gasteiger partial charge in [0, 0.05) is 31.6 Å². The lowest BCUT2D eigenvalue weighted by molar-refractivity contribution is -0.132. The normalized spacial score (nSPS) is 14.2. The van der Waals surface area contributed by atoms with Crippen LogP contribution in [0.4, 0.5) is 0 Å². The van der Waals surface area contributed by atoms with Crippen LogP contribution < -0.4 is 9.47 Å². The maximum absolute atomic E-state index is 13.0. The van der Waals surface area contributed by atoms with E-state index in [0.29, 0.717) is 49.7 Å². The molecule has 1 saturated heterocycles. The van der Waals surface area contributed by atoms with Crippen LogP contribution in [0.5, 0.6) is 11.5 Å². The third kappa shape index (κ3) is 4.21. The third-order valence-electron chi connectivity index (χ3n) is 4.56. The number of hydrogen-bond donors (Lipinski definition) is 0. The van der Waals surface area contributed by atoms with Crippen molar-refractivity contribution in [2.24, 2.45) is 0 Å². The molecule has 1 aliphatic rings. The summed E-state index contributed by atoms with van der Waals surface area (Å²) in [7, 11) is 3.06. The largest absolute Gasteiger partial charge is 0.496 e. The van der Waals surface area contributed by atoms with Gasteiger partial charge in [-0.15, -0.1) is 11.3 Å². The van der Waals surface area contributed by atoms with Crippen molar-refractivity contribution in [3.05, 3.63) is 39.8 Å². The predicted molar refractivity (Wildman–Crippen MR) is 103 cm³/mol. The van der Waals surface area contributed by atoms with Crippen LogP contribution in [0.1, 0.15) is 21.1 Å². The average Bonchev–Trinajstić information content (AvgIpc) is 3.11. The molecule has 0 aliphatic carbocycles. The highest BCUT2D eigenvalue weighted by Gasteiger charge is 2.28. The van der Waals surface area contributed by atoms with Crippen molar-refractivity contribution in [2.75, 3.05) is 40.4 Å². The maximum Gasteiger partial charge on any atom is 0.261 e. The van der Waals surface area contributed by atoms with Gasteiger partial charge in [0.25, 0.3) is 5.91 Å². The minimum Gasteiger partial charge on any atom is -0.496 e. The van der Waals surface area contributed by atoms with Crippen LogP contribution in [0, 0.1) is 6.92 Å². The lowest BCUT2D eigenvalue weighted by atomic mass is 10.1. The molecule has 27 heavy (non-hydrogen) atoms. The summed E-state index contributed by atoms with van der Waals surface area (Å²) in [5.74, 6) is 0.863. The van der Waals surface area contributed by atoms with E-state index in [1.807, 2.05) is 12.3 Å². The van der Waals surface area contributed by atoms with Crippen molar-refractivity contribution >= 4 is 23.2 Å². The van der Waals surface area contributed by atoms with Gasteiger partial charge in [0.05, 0.1) is 31.3 Å². The molecule has 144 valence electrons. The molecule has 0 atom stereocenters. The van der Waals surface area contributed by atoms with Crippen molar-refractivity contribution in [1.82, 2.24) is 14.8 Å². The van der Waals surface area contributed by atoms with E-state index in [9.17, 15) is 9.59 Å². The van der Waals surface area contributed by atoms with Gasteiger partial charge in [-0.25, -0.2) is 4.98 Å². The quantitative estimate of drug-likeness (QED) is 0.782. The molecule has 3 rings (SSSR count). The highest BCUT2D eigenvalue weighted by atomic mass is 32.1. The fourth-order valence-electron chi connectivity index (χ4n) is 3.14. The number of piperazine rings is 1. The van der Waals surface area contributed by atoms with Crippen LogP contribution in [-0.2, 0) is 11.2 Å². The molecule has 1 aromatic heterocycles. The summed E-state index contributed by atoms with van der Waals surface area (Å²) in [6, 6.07) is 5.27. The number of carbonyl (C=O) groups excluding carboxylic acids is 2. The number of aromatic nitrogens is 1. The molecule has 1 aliphatic heterocycles. The predicted octanol–water partition coefficient (Wildman–Crippen LogP) is 2.00. The van der Waals surface area contributed by atoms with Crippen molar-refractivity contribution in [1.29, 1.82) is 0 Å². The van der Waals surface area contributed by atoms with E-state index in [4.69, 9.17) is 9.47 Å². The number of amides is 2. The zero-order valence-electron chi connectivity index (χ0n) is 15.7. The summed E-state index contributed by atoms with van der Waals surface area (Å²) in [6.07, 6.45) is 0.304. The maximum atomic E-state index is 13.0. The van der Waals surface area contributed by atoms with Gasteiger partial charge in [-0.05, 0) is 19.1 Å². The molecular weight excluding hydrogens is 366 g/mol. The summed E-state index contributed by atoms with van der Waals surface area (Å²) in [4.78, 5) is 33.3. The van der Waals surface area contributed by atoms with E-state index in [-0.39, 0.29) is 11.8 Å². The van der Waals surface area contributed by atoms with Crippen molar-refractivity contribution in [3.63, 3.8) is 0 Å². The van der Waals surface area contributed by atoms with E-state index in [2.05, 4.69) is 4.98 Å². The van der Waals surface area contributed by atoms with Crippen LogP contribution in [-0.4, -0.2) is 67.0 Å². The Bertz CT molecular complexity index is 806. The Labute approximate surface area is 162 Å². The Hall–Kier alpha value is -2.61. The zero-order valence-corrected chi connectivity index (χ0v) is 16.5. The minimum absolute atomic E-state index is 0.0438. The Kier molecular flexibility index (Phi) is 5.95. The monoisotopic (exact) mass is 389 g/mol. The van der Waals surface area contributed by atoms with Gasteiger partial charge in [0.2, 0.25) is 5.91 Å². The molecule has 0 bridgehead atoms. The molecule has 2 heterocycles. The highest BCUT2D eigenvalue weighted by molar-refractivity contribution is 7.09. The number of rotatable bonds is 5. The highest BCUT2D eigenvalue weighted by Crippen LogP contribution is 2.29. The molecule has 1 aromatic carbocycles. The second kappa shape index (κ2) is 8.39. The van der Waals surface area contributed by atoms with E-state index in [1.165, 1.54) is 14.2 Å². The van der Waals surface area contributed by atoms with Crippen LogP contribution in [0.15, 0.2) is 23.6 Å². The van der Waals surface area contributed by atoms with Crippen LogP contribution in [0.3, 0.4) is 0 Å². The lowest BCUT2D eigenvalue weighted by Crippen LogP contribution is -2.51. The van der Waals surface area contributed by atoms with E-state index >= 15 is 0 Å². The average molecular weight is 389 g/mol. The first-order chi connectivity index (χ1) is 13.0. The number of thiazole rings is 1. The molecule has 0 radical (unpaired) electrons. The summed E-state index contributed by atoms with van der Waals surface area (Å²) < 4.78 is 10.7. The third-order valence-corrected chi connectivity index (χ3v) is 5.38. The molecule has 1 fully saturated rings. The molecule has 2 aromatic rings. The smallest absolute Gasteiger partial charge is 0.261 e. The number of nitrogens with zero attached hydrogens (tertiary/aromatic N) is 3. The fourth-order valence-corrected chi connectivity index (χ4v) is 3.75. The van der Waals surface area contributed by atoms with E-state index < -0.39 is 0 Å². The Morgan fingerprint density at radius 1 is 1.07 bits per heavy atom. The number of benzene rings is 1. The van der Waals surface area contributed by atoms with Crippen molar-refractivity contribution in [2.45, 2.75) is 13.3 Å². The molecular formula is C19H23N3O4S. The van der Waals surface area contributed by atoms with Gasteiger partial charge in [-0.1, -0.05) is 6.07 Å². The Morgan fingerprint density at radius 2 is 1.67 bits per heavy atom. The molecule has 7 nitrogen and oxygen atoms in total. The number of hydrogen-bond acceptors (Lipinski definition) is 6. The Balaban J connectivity index is 1.64. The second-order valence-corrected chi connectivity index (χ2v) is 7.31. The van der Waals surface area contributed by atoms with Crippen molar-refractivity contribution in [3.8, 4) is 11.5 Å². The second-order valence-electron chi connectivity index (χ2n) is 6.25.